The Morgan fingerprint density at radius 1 is 1.25 bits per heavy atom. The SMILES string of the molecule is COc1cc(O)c2c3c1O[C@H]1[C@H](N(C)C(=O)/C=C/c4ccoc4)CC[C@H]4[C@@H](C2)N(CCc2ccccc2)CC[C@@]341. The highest BCUT2D eigenvalue weighted by molar-refractivity contribution is 5.91. The van der Waals surface area contributed by atoms with Gasteiger partial charge in [0.05, 0.1) is 25.7 Å². The monoisotopic (exact) mass is 540 g/mol. The van der Waals surface area contributed by atoms with Crippen LogP contribution in [0.15, 0.2) is 65.5 Å². The second kappa shape index (κ2) is 9.73. The Morgan fingerprint density at radius 2 is 2.10 bits per heavy atom. The molecular weight excluding hydrogens is 504 g/mol. The number of likely N-dealkylation sites (tertiary alicyclic amines) is 1. The lowest BCUT2D eigenvalue weighted by Gasteiger charge is -2.60. The Bertz CT molecular complexity index is 1430. The number of hydrogen-bond acceptors (Lipinski definition) is 6. The summed E-state index contributed by atoms with van der Waals surface area (Å²) in [7, 11) is 3.52. The number of rotatable bonds is 7. The molecule has 3 heterocycles. The Labute approximate surface area is 235 Å². The molecule has 7 rings (SSSR count). The molecule has 1 saturated carbocycles. The zero-order chi connectivity index (χ0) is 27.4. The van der Waals surface area contributed by atoms with Crippen LogP contribution in [0.3, 0.4) is 0 Å². The Balaban J connectivity index is 1.23. The fourth-order valence-corrected chi connectivity index (χ4v) is 8.21. The van der Waals surface area contributed by atoms with Crippen molar-refractivity contribution in [3.8, 4) is 17.2 Å². The summed E-state index contributed by atoms with van der Waals surface area (Å²) in [5.74, 6) is 1.98. The Morgan fingerprint density at radius 3 is 2.88 bits per heavy atom. The van der Waals surface area contributed by atoms with Crippen LogP contribution >= 0.6 is 0 Å². The minimum atomic E-state index is -0.255. The van der Waals surface area contributed by atoms with E-state index in [-0.39, 0.29) is 23.5 Å². The number of ether oxygens (including phenoxy) is 2. The molecule has 7 nitrogen and oxygen atoms in total. The maximum atomic E-state index is 13.4. The molecule has 2 aromatic carbocycles. The van der Waals surface area contributed by atoms with E-state index in [1.54, 1.807) is 37.9 Å². The van der Waals surface area contributed by atoms with E-state index in [0.717, 1.165) is 67.6 Å². The predicted molar refractivity (Wildman–Crippen MR) is 152 cm³/mol. The quantitative estimate of drug-likeness (QED) is 0.434. The number of nitrogens with zero attached hydrogens (tertiary/aromatic N) is 2. The number of benzene rings is 2. The van der Waals surface area contributed by atoms with Crippen molar-refractivity contribution >= 4 is 12.0 Å². The van der Waals surface area contributed by atoms with Crippen molar-refractivity contribution in [2.24, 2.45) is 5.92 Å². The maximum Gasteiger partial charge on any atom is 0.246 e. The van der Waals surface area contributed by atoms with Gasteiger partial charge < -0.3 is 23.9 Å². The number of hydrogen-bond donors (Lipinski definition) is 1. The average molecular weight is 541 g/mol. The van der Waals surface area contributed by atoms with Gasteiger partial charge in [-0.25, -0.2) is 0 Å². The van der Waals surface area contributed by atoms with Crippen molar-refractivity contribution in [1.29, 1.82) is 0 Å². The van der Waals surface area contributed by atoms with E-state index in [2.05, 4.69) is 35.2 Å². The second-order valence-corrected chi connectivity index (χ2v) is 11.7. The third-order valence-electron chi connectivity index (χ3n) is 10.0. The van der Waals surface area contributed by atoms with Crippen molar-refractivity contribution < 1.29 is 23.8 Å². The molecule has 2 aliphatic carbocycles. The van der Waals surface area contributed by atoms with Crippen LogP contribution in [-0.2, 0) is 23.1 Å². The lowest BCUT2D eigenvalue weighted by Crippen LogP contribution is -2.69. The van der Waals surface area contributed by atoms with Gasteiger partial charge in [0.1, 0.15) is 11.9 Å². The van der Waals surface area contributed by atoms with Gasteiger partial charge in [-0.1, -0.05) is 30.3 Å². The summed E-state index contributed by atoms with van der Waals surface area (Å²) in [6, 6.07) is 14.5. The second-order valence-electron chi connectivity index (χ2n) is 11.7. The van der Waals surface area contributed by atoms with Crippen LogP contribution in [0.2, 0.25) is 0 Å². The molecule has 3 aromatic rings. The van der Waals surface area contributed by atoms with Gasteiger partial charge in [0.2, 0.25) is 5.91 Å². The zero-order valence-corrected chi connectivity index (χ0v) is 23.1. The molecule has 1 saturated heterocycles. The van der Waals surface area contributed by atoms with Gasteiger partial charge in [-0.2, -0.15) is 0 Å². The van der Waals surface area contributed by atoms with Crippen LogP contribution in [-0.4, -0.2) is 66.2 Å². The van der Waals surface area contributed by atoms with Crippen LogP contribution in [0.25, 0.3) is 6.08 Å². The molecule has 0 unspecified atom stereocenters. The lowest BCUT2D eigenvalue weighted by atomic mass is 9.50. The van der Waals surface area contributed by atoms with Gasteiger partial charge in [-0.05, 0) is 62.3 Å². The molecule has 40 heavy (non-hydrogen) atoms. The molecule has 1 spiro atoms. The van der Waals surface area contributed by atoms with Crippen LogP contribution in [0.1, 0.15) is 41.5 Å². The van der Waals surface area contributed by atoms with E-state index in [4.69, 9.17) is 13.9 Å². The van der Waals surface area contributed by atoms with E-state index in [1.807, 2.05) is 18.0 Å². The van der Waals surface area contributed by atoms with E-state index in [1.165, 1.54) is 5.56 Å². The molecule has 2 fully saturated rings. The van der Waals surface area contributed by atoms with Crippen molar-refractivity contribution in [3.63, 3.8) is 0 Å². The standard InChI is InChI=1S/C33H36N2O5/c1-34(29(37)11-8-22-13-17-39-20-22)25-10-9-24-26-18-23-27(36)19-28(38-2)31-30(23)33(24,32(25)40-31)14-16-35(26)15-12-21-6-4-3-5-7-21/h3-8,11,13,17,19-20,24-26,32,36H,9-10,12,14-16,18H2,1-2H3/b11-8+/t24-,25+,26+,32-,33-/m0/s1. The summed E-state index contributed by atoms with van der Waals surface area (Å²) >= 11 is 0. The number of likely N-dealkylation sites (N-methyl/N-ethyl adjacent to an activating group) is 1. The fraction of sp³-hybridized carbons (Fsp3) is 0.424. The summed E-state index contributed by atoms with van der Waals surface area (Å²) in [5.41, 5.74) is 4.09. The number of piperidine rings is 1. The van der Waals surface area contributed by atoms with Crippen molar-refractivity contribution in [2.75, 3.05) is 27.2 Å². The molecule has 2 bridgehead atoms. The summed E-state index contributed by atoms with van der Waals surface area (Å²) in [6.07, 6.45) is 11.1. The van der Waals surface area contributed by atoms with Crippen molar-refractivity contribution in [2.45, 2.75) is 55.7 Å². The van der Waals surface area contributed by atoms with Crippen LogP contribution < -0.4 is 9.47 Å². The summed E-state index contributed by atoms with van der Waals surface area (Å²) in [5, 5.41) is 11.2. The van der Waals surface area contributed by atoms with Gasteiger partial charge in [-0.3, -0.25) is 9.69 Å². The van der Waals surface area contributed by atoms with Gasteiger partial charge in [0.15, 0.2) is 11.5 Å². The zero-order valence-electron chi connectivity index (χ0n) is 23.1. The molecule has 0 radical (unpaired) electrons. The Hall–Kier alpha value is -3.71. The first-order valence-electron chi connectivity index (χ1n) is 14.4. The molecule has 4 aliphatic rings. The average Bonchev–Trinajstić information content (AvgIpc) is 3.62. The third kappa shape index (κ3) is 3.78. The van der Waals surface area contributed by atoms with E-state index < -0.39 is 0 Å². The summed E-state index contributed by atoms with van der Waals surface area (Å²) < 4.78 is 17.7. The van der Waals surface area contributed by atoms with Crippen molar-refractivity contribution in [3.05, 3.63) is 83.3 Å². The van der Waals surface area contributed by atoms with Crippen molar-refractivity contribution in [1.82, 2.24) is 9.80 Å². The molecule has 1 amide bonds. The smallest absolute Gasteiger partial charge is 0.246 e. The molecule has 208 valence electrons. The van der Waals surface area contributed by atoms with Crippen LogP contribution in [0, 0.1) is 5.92 Å². The van der Waals surface area contributed by atoms with Gasteiger partial charge >= 0.3 is 0 Å². The minimum Gasteiger partial charge on any atom is -0.508 e. The number of carbonyl (C=O) groups is 1. The lowest BCUT2D eigenvalue weighted by molar-refractivity contribution is -0.135. The number of furan rings is 1. The first kappa shape index (κ1) is 25.3. The van der Waals surface area contributed by atoms with E-state index in [9.17, 15) is 9.90 Å². The third-order valence-corrected chi connectivity index (χ3v) is 10.0. The first-order valence-corrected chi connectivity index (χ1v) is 14.4. The first-order chi connectivity index (χ1) is 19.5. The van der Waals surface area contributed by atoms with Gasteiger partial charge in [-0.15, -0.1) is 0 Å². The highest BCUT2D eigenvalue weighted by atomic mass is 16.5. The fourth-order valence-electron chi connectivity index (χ4n) is 8.21. The number of amides is 1. The molecule has 2 aliphatic heterocycles. The van der Waals surface area contributed by atoms with E-state index in [0.29, 0.717) is 23.5 Å². The number of phenols is 1. The normalized spacial score (nSPS) is 28.2. The van der Waals surface area contributed by atoms with Gasteiger partial charge in [0.25, 0.3) is 0 Å². The molecule has 1 aromatic heterocycles. The van der Waals surface area contributed by atoms with Crippen LogP contribution in [0.4, 0.5) is 0 Å². The molecule has 7 heteroatoms. The van der Waals surface area contributed by atoms with Crippen LogP contribution in [0.5, 0.6) is 17.2 Å². The highest BCUT2D eigenvalue weighted by Crippen LogP contribution is 2.65. The summed E-state index contributed by atoms with van der Waals surface area (Å²) in [4.78, 5) is 17.9. The Kier molecular flexibility index (Phi) is 6.15. The number of carbonyl (C=O) groups excluding carboxylic acids is 1. The molecule has 5 atom stereocenters. The number of phenolic OH excluding ortho intramolecular Hbond substituents is 1. The maximum absolute atomic E-state index is 13.4. The van der Waals surface area contributed by atoms with Gasteiger partial charge in [0, 0.05) is 53.9 Å². The predicted octanol–water partition coefficient (Wildman–Crippen LogP) is 4.82. The molecule has 1 N–H and O–H groups in total. The topological polar surface area (TPSA) is 75.4 Å². The largest absolute Gasteiger partial charge is 0.508 e. The number of methoxy groups -OCH3 is 1. The minimum absolute atomic E-state index is 0.0525. The number of aromatic hydroxyl groups is 1. The molecular formula is C33H36N2O5. The highest BCUT2D eigenvalue weighted by Gasteiger charge is 2.66. The summed E-state index contributed by atoms with van der Waals surface area (Å²) in [6.45, 7) is 1.96. The van der Waals surface area contributed by atoms with E-state index >= 15 is 0 Å².